The summed E-state index contributed by atoms with van der Waals surface area (Å²) in [7, 11) is 3.05. The molecule has 0 saturated carbocycles. The number of ether oxygens (including phenoxy) is 2. The first kappa shape index (κ1) is 18.8. The molecule has 2 aromatic rings. The summed E-state index contributed by atoms with van der Waals surface area (Å²) in [6.07, 6.45) is 2.91. The van der Waals surface area contributed by atoms with Crippen LogP contribution >= 0.6 is 0 Å². The summed E-state index contributed by atoms with van der Waals surface area (Å²) in [4.78, 5) is 22.4. The largest absolute Gasteiger partial charge is 0.495 e. The zero-order valence-electron chi connectivity index (χ0n) is 15.9. The molecule has 0 unspecified atom stereocenters. The molecule has 1 saturated heterocycles. The lowest BCUT2D eigenvalue weighted by Gasteiger charge is -2.32. The van der Waals surface area contributed by atoms with Gasteiger partial charge in [0.05, 0.1) is 25.8 Å². The molecule has 1 aliphatic rings. The molecule has 2 heterocycles. The molecule has 3 rings (SSSR count). The highest BCUT2D eigenvalue weighted by Gasteiger charge is 2.27. The Morgan fingerprint density at radius 1 is 1.26 bits per heavy atom. The number of aromatic nitrogens is 2. The number of carbonyl (C=O) groups excluding carboxylic acids is 1. The zero-order valence-corrected chi connectivity index (χ0v) is 15.9. The maximum absolute atomic E-state index is 11.7. The molecular formula is C19H25N5O3. The number of piperidine rings is 1. The summed E-state index contributed by atoms with van der Waals surface area (Å²) in [6.45, 7) is 3.38. The molecule has 144 valence electrons. The van der Waals surface area contributed by atoms with Crippen molar-refractivity contribution in [3.8, 4) is 5.75 Å². The zero-order chi connectivity index (χ0) is 19.4. The first-order valence-corrected chi connectivity index (χ1v) is 8.88. The standard InChI is InChI=1S/C19H25N5O3/c1-12-4-5-15(26-2)14(10-12)23-17-16(20)18(22-11-21-17)24-8-6-13(7-9-24)19(25)27-3/h4-5,10-11,13H,6-9,20H2,1-3H3,(H,21,22,23). The van der Waals surface area contributed by atoms with Crippen LogP contribution in [-0.4, -0.2) is 43.2 Å². The SMILES string of the molecule is COC(=O)C1CCN(c2ncnc(Nc3cc(C)ccc3OC)c2N)CC1. The lowest BCUT2D eigenvalue weighted by Crippen LogP contribution is -2.37. The third kappa shape index (κ3) is 4.05. The van der Waals surface area contributed by atoms with E-state index in [1.807, 2.05) is 25.1 Å². The maximum Gasteiger partial charge on any atom is 0.308 e. The van der Waals surface area contributed by atoms with E-state index in [0.717, 1.165) is 11.3 Å². The quantitative estimate of drug-likeness (QED) is 0.773. The van der Waals surface area contributed by atoms with Crippen LogP contribution < -0.4 is 20.7 Å². The molecule has 8 nitrogen and oxygen atoms in total. The van der Waals surface area contributed by atoms with Gasteiger partial charge in [0.15, 0.2) is 11.6 Å². The maximum atomic E-state index is 11.7. The number of nitrogens with one attached hydrogen (secondary N) is 1. The van der Waals surface area contributed by atoms with E-state index in [1.165, 1.54) is 13.4 Å². The molecule has 0 spiro atoms. The molecule has 1 aromatic carbocycles. The van der Waals surface area contributed by atoms with Gasteiger partial charge in [-0.15, -0.1) is 0 Å². The Bertz CT molecular complexity index is 819. The van der Waals surface area contributed by atoms with Crippen molar-refractivity contribution < 1.29 is 14.3 Å². The number of esters is 1. The monoisotopic (exact) mass is 371 g/mol. The number of anilines is 4. The van der Waals surface area contributed by atoms with Crippen LogP contribution in [-0.2, 0) is 9.53 Å². The van der Waals surface area contributed by atoms with Gasteiger partial charge in [-0.1, -0.05) is 6.07 Å². The molecular weight excluding hydrogens is 346 g/mol. The van der Waals surface area contributed by atoms with Crippen molar-refractivity contribution in [2.45, 2.75) is 19.8 Å². The van der Waals surface area contributed by atoms with Gasteiger partial charge in [-0.25, -0.2) is 9.97 Å². The summed E-state index contributed by atoms with van der Waals surface area (Å²) in [5.74, 6) is 1.68. The van der Waals surface area contributed by atoms with E-state index in [1.54, 1.807) is 7.11 Å². The van der Waals surface area contributed by atoms with Crippen LogP contribution in [0.25, 0.3) is 0 Å². The summed E-state index contributed by atoms with van der Waals surface area (Å²) in [6, 6.07) is 5.85. The summed E-state index contributed by atoms with van der Waals surface area (Å²) in [5.41, 5.74) is 8.70. The number of benzene rings is 1. The highest BCUT2D eigenvalue weighted by Crippen LogP contribution is 2.34. The Morgan fingerprint density at radius 2 is 2.00 bits per heavy atom. The Hall–Kier alpha value is -3.03. The van der Waals surface area contributed by atoms with Crippen LogP contribution in [0.3, 0.4) is 0 Å². The lowest BCUT2D eigenvalue weighted by atomic mass is 9.97. The number of nitrogens with zero attached hydrogens (tertiary/aromatic N) is 3. The van der Waals surface area contributed by atoms with Gasteiger partial charge in [-0.2, -0.15) is 0 Å². The highest BCUT2D eigenvalue weighted by atomic mass is 16.5. The van der Waals surface area contributed by atoms with Gasteiger partial charge in [0.2, 0.25) is 0 Å². The second kappa shape index (κ2) is 8.11. The van der Waals surface area contributed by atoms with Gasteiger partial charge in [-0.05, 0) is 37.5 Å². The molecule has 0 amide bonds. The van der Waals surface area contributed by atoms with Crippen LogP contribution in [0.1, 0.15) is 18.4 Å². The fraction of sp³-hybridized carbons (Fsp3) is 0.421. The number of hydrogen-bond donors (Lipinski definition) is 2. The smallest absolute Gasteiger partial charge is 0.308 e. The van der Waals surface area contributed by atoms with Gasteiger partial charge >= 0.3 is 5.97 Å². The van der Waals surface area contributed by atoms with Gasteiger partial charge in [0.1, 0.15) is 17.8 Å². The van der Waals surface area contributed by atoms with E-state index >= 15 is 0 Å². The molecule has 27 heavy (non-hydrogen) atoms. The van der Waals surface area contributed by atoms with E-state index < -0.39 is 0 Å². The van der Waals surface area contributed by atoms with Crippen molar-refractivity contribution in [2.75, 3.05) is 43.3 Å². The molecule has 0 bridgehead atoms. The third-order valence-electron chi connectivity index (χ3n) is 4.80. The van der Waals surface area contributed by atoms with E-state index in [-0.39, 0.29) is 11.9 Å². The van der Waals surface area contributed by atoms with Crippen molar-refractivity contribution in [3.63, 3.8) is 0 Å². The van der Waals surface area contributed by atoms with Crippen molar-refractivity contribution >= 4 is 29.0 Å². The molecule has 0 aliphatic carbocycles. The minimum absolute atomic E-state index is 0.0662. The number of aryl methyl sites for hydroxylation is 1. The molecule has 3 N–H and O–H groups in total. The number of nitrogen functional groups attached to an aromatic ring is 1. The van der Waals surface area contributed by atoms with Crippen LogP contribution in [0, 0.1) is 12.8 Å². The minimum Gasteiger partial charge on any atom is -0.495 e. The van der Waals surface area contributed by atoms with Gasteiger partial charge in [-0.3, -0.25) is 4.79 Å². The molecule has 0 radical (unpaired) electrons. The average molecular weight is 371 g/mol. The lowest BCUT2D eigenvalue weighted by molar-refractivity contribution is -0.146. The normalized spacial score (nSPS) is 14.7. The molecule has 8 heteroatoms. The van der Waals surface area contributed by atoms with E-state index in [9.17, 15) is 4.79 Å². The minimum atomic E-state index is -0.154. The summed E-state index contributed by atoms with van der Waals surface area (Å²) >= 11 is 0. The second-order valence-electron chi connectivity index (χ2n) is 6.57. The number of hydrogen-bond acceptors (Lipinski definition) is 8. The third-order valence-corrected chi connectivity index (χ3v) is 4.80. The topological polar surface area (TPSA) is 103 Å². The van der Waals surface area contributed by atoms with Crippen LogP contribution in [0.2, 0.25) is 0 Å². The van der Waals surface area contributed by atoms with Crippen molar-refractivity contribution in [1.29, 1.82) is 0 Å². The number of nitrogens with two attached hydrogens (primary N) is 1. The van der Waals surface area contributed by atoms with Crippen molar-refractivity contribution in [2.24, 2.45) is 5.92 Å². The first-order valence-electron chi connectivity index (χ1n) is 8.88. The Balaban J connectivity index is 1.79. The Labute approximate surface area is 158 Å². The molecule has 1 aliphatic heterocycles. The van der Waals surface area contributed by atoms with E-state index in [4.69, 9.17) is 15.2 Å². The van der Waals surface area contributed by atoms with Crippen molar-refractivity contribution in [1.82, 2.24) is 9.97 Å². The van der Waals surface area contributed by atoms with Crippen molar-refractivity contribution in [3.05, 3.63) is 30.1 Å². The van der Waals surface area contributed by atoms with Crippen LogP contribution in [0.15, 0.2) is 24.5 Å². The number of rotatable bonds is 5. The first-order chi connectivity index (χ1) is 13.0. The van der Waals surface area contributed by atoms with E-state index in [2.05, 4.69) is 20.2 Å². The summed E-state index contributed by atoms with van der Waals surface area (Å²) < 4.78 is 10.2. The molecule has 0 atom stereocenters. The molecule has 1 fully saturated rings. The van der Waals surface area contributed by atoms with Gasteiger partial charge < -0.3 is 25.4 Å². The predicted octanol–water partition coefficient (Wildman–Crippen LogP) is 2.51. The van der Waals surface area contributed by atoms with Crippen LogP contribution in [0.5, 0.6) is 5.75 Å². The fourth-order valence-corrected chi connectivity index (χ4v) is 3.28. The van der Waals surface area contributed by atoms with Gasteiger partial charge in [0.25, 0.3) is 0 Å². The number of carbonyl (C=O) groups is 1. The fourth-order valence-electron chi connectivity index (χ4n) is 3.28. The second-order valence-corrected chi connectivity index (χ2v) is 6.57. The van der Waals surface area contributed by atoms with E-state index in [0.29, 0.717) is 49.0 Å². The van der Waals surface area contributed by atoms with Gasteiger partial charge in [0, 0.05) is 13.1 Å². The average Bonchev–Trinajstić information content (AvgIpc) is 2.69. The predicted molar refractivity (Wildman–Crippen MR) is 104 cm³/mol. The number of methoxy groups -OCH3 is 2. The Morgan fingerprint density at radius 3 is 2.67 bits per heavy atom. The highest BCUT2D eigenvalue weighted by molar-refractivity contribution is 5.80. The van der Waals surface area contributed by atoms with Crippen LogP contribution in [0.4, 0.5) is 23.0 Å². The molecule has 1 aromatic heterocycles. The summed E-state index contributed by atoms with van der Waals surface area (Å²) in [5, 5.41) is 3.25. The Kier molecular flexibility index (Phi) is 5.63.